The molecule has 9 heteroatoms. The van der Waals surface area contributed by atoms with Crippen LogP contribution < -0.4 is 10.6 Å². The molecule has 2 aromatic rings. The minimum absolute atomic E-state index is 0.00841. The molecule has 3 saturated heterocycles. The zero-order valence-electron chi connectivity index (χ0n) is 21.0. The number of halogens is 1. The summed E-state index contributed by atoms with van der Waals surface area (Å²) in [6.07, 6.45) is 4.09. The van der Waals surface area contributed by atoms with Crippen molar-refractivity contribution in [3.63, 3.8) is 0 Å². The predicted octanol–water partition coefficient (Wildman–Crippen LogP) is 4.27. The van der Waals surface area contributed by atoms with Crippen molar-refractivity contribution < 1.29 is 14.4 Å². The lowest BCUT2D eigenvalue weighted by Crippen LogP contribution is -2.55. The van der Waals surface area contributed by atoms with Gasteiger partial charge in [0.05, 0.1) is 12.6 Å². The molecule has 5 rings (SSSR count). The zero-order chi connectivity index (χ0) is 25.8. The van der Waals surface area contributed by atoms with E-state index in [0.29, 0.717) is 12.8 Å². The first-order chi connectivity index (χ1) is 17.9. The number of urea groups is 2. The molecule has 37 heavy (non-hydrogen) atoms. The topological polar surface area (TPSA) is 85.0 Å². The van der Waals surface area contributed by atoms with E-state index in [9.17, 15) is 14.4 Å². The van der Waals surface area contributed by atoms with E-state index in [0.717, 1.165) is 67.6 Å². The van der Waals surface area contributed by atoms with Crippen LogP contribution in [0.25, 0.3) is 0 Å². The monoisotopic (exact) mass is 567 g/mol. The summed E-state index contributed by atoms with van der Waals surface area (Å²) < 4.78 is 0.961. The number of rotatable bonds is 7. The van der Waals surface area contributed by atoms with E-state index in [2.05, 4.69) is 43.6 Å². The van der Waals surface area contributed by atoms with Crippen LogP contribution in [0.15, 0.2) is 59.1 Å². The lowest BCUT2D eigenvalue weighted by molar-refractivity contribution is -0.133. The van der Waals surface area contributed by atoms with Crippen molar-refractivity contribution >= 4 is 33.9 Å². The number of imide groups is 1. The molecule has 5 amide bonds. The molecule has 0 radical (unpaired) electrons. The molecular weight excluding hydrogens is 534 g/mol. The number of piperidine rings is 1. The molecule has 2 N–H and O–H groups in total. The molecule has 3 heterocycles. The second kappa shape index (κ2) is 11.2. The van der Waals surface area contributed by atoms with Crippen LogP contribution in [0.5, 0.6) is 0 Å². The number of hydrogen-bond donors (Lipinski definition) is 2. The van der Waals surface area contributed by atoms with Crippen LogP contribution in [0.4, 0.5) is 9.59 Å². The lowest BCUT2D eigenvalue weighted by atomic mass is 9.87. The molecule has 0 bridgehead atoms. The van der Waals surface area contributed by atoms with Gasteiger partial charge in [-0.2, -0.15) is 0 Å². The van der Waals surface area contributed by atoms with Crippen molar-refractivity contribution in [2.24, 2.45) is 0 Å². The van der Waals surface area contributed by atoms with E-state index in [-0.39, 0.29) is 30.6 Å². The van der Waals surface area contributed by atoms with Crippen LogP contribution in [0.3, 0.4) is 0 Å². The first-order valence-corrected chi connectivity index (χ1v) is 13.9. The van der Waals surface area contributed by atoms with Crippen LogP contribution in [-0.2, 0) is 11.3 Å². The zero-order valence-corrected chi connectivity index (χ0v) is 22.6. The number of hydrogen-bond acceptors (Lipinski definition) is 4. The van der Waals surface area contributed by atoms with Gasteiger partial charge in [0.1, 0.15) is 5.54 Å². The first-order valence-electron chi connectivity index (χ1n) is 13.1. The third kappa shape index (κ3) is 5.83. The normalized spacial score (nSPS) is 20.4. The summed E-state index contributed by atoms with van der Waals surface area (Å²) >= 11 is 3.42. The standard InChI is InChI=1S/C28H34BrN5O3/c29-23-10-8-21(9-11-23)20-34-25(35)28(31-27(34)37)13-18-32(19-14-28)17-12-24(22-6-2-1-3-7-22)30-26(36)33-15-4-5-16-33/h1-3,6-11,24H,4-5,12-20H2,(H,30,36)(H,31,37)/t24-/m0/s1. The molecule has 2 aromatic carbocycles. The highest BCUT2D eigenvalue weighted by Gasteiger charge is 2.52. The molecule has 0 aromatic heterocycles. The van der Waals surface area contributed by atoms with Gasteiger partial charge in [-0.05, 0) is 55.4 Å². The Morgan fingerprint density at radius 3 is 2.32 bits per heavy atom. The SMILES string of the molecule is O=C(N[C@@H](CCN1CCC2(CC1)NC(=O)N(Cc1ccc(Br)cc1)C2=O)c1ccccc1)N1CCCC1. The average Bonchev–Trinajstić information content (AvgIpc) is 3.53. The number of benzene rings is 2. The molecule has 1 atom stereocenters. The predicted molar refractivity (Wildman–Crippen MR) is 145 cm³/mol. The summed E-state index contributed by atoms with van der Waals surface area (Å²) in [5, 5.41) is 6.26. The maximum Gasteiger partial charge on any atom is 0.325 e. The summed E-state index contributed by atoms with van der Waals surface area (Å²) in [5.41, 5.74) is 1.21. The Bertz CT molecular complexity index is 1110. The van der Waals surface area contributed by atoms with E-state index in [1.54, 1.807) is 0 Å². The van der Waals surface area contributed by atoms with Crippen molar-refractivity contribution in [3.05, 3.63) is 70.2 Å². The second-order valence-corrected chi connectivity index (χ2v) is 11.2. The van der Waals surface area contributed by atoms with Crippen molar-refractivity contribution in [2.75, 3.05) is 32.7 Å². The van der Waals surface area contributed by atoms with Gasteiger partial charge in [-0.15, -0.1) is 0 Å². The van der Waals surface area contributed by atoms with Gasteiger partial charge in [0.25, 0.3) is 5.91 Å². The third-order valence-corrected chi connectivity index (χ3v) is 8.37. The van der Waals surface area contributed by atoms with Crippen molar-refractivity contribution in [1.82, 2.24) is 25.3 Å². The summed E-state index contributed by atoms with van der Waals surface area (Å²) in [4.78, 5) is 44.4. The van der Waals surface area contributed by atoms with Gasteiger partial charge in [0.2, 0.25) is 0 Å². The highest BCUT2D eigenvalue weighted by atomic mass is 79.9. The van der Waals surface area contributed by atoms with Gasteiger partial charge in [-0.25, -0.2) is 9.59 Å². The van der Waals surface area contributed by atoms with Gasteiger partial charge < -0.3 is 20.4 Å². The molecular formula is C28H34BrN5O3. The summed E-state index contributed by atoms with van der Waals surface area (Å²) in [6, 6.07) is 17.4. The van der Waals surface area contributed by atoms with Crippen LogP contribution >= 0.6 is 15.9 Å². The van der Waals surface area contributed by atoms with Crippen molar-refractivity contribution in [1.29, 1.82) is 0 Å². The van der Waals surface area contributed by atoms with E-state index in [1.165, 1.54) is 4.90 Å². The van der Waals surface area contributed by atoms with E-state index < -0.39 is 5.54 Å². The molecule has 0 unspecified atom stereocenters. The van der Waals surface area contributed by atoms with Gasteiger partial charge in [0.15, 0.2) is 0 Å². The lowest BCUT2D eigenvalue weighted by Gasteiger charge is -2.38. The Morgan fingerprint density at radius 2 is 1.65 bits per heavy atom. The number of nitrogens with one attached hydrogen (secondary N) is 2. The molecule has 3 aliphatic rings. The number of nitrogens with zero attached hydrogens (tertiary/aromatic N) is 3. The Kier molecular flexibility index (Phi) is 7.81. The summed E-state index contributed by atoms with van der Waals surface area (Å²) in [5.74, 6) is -0.125. The largest absolute Gasteiger partial charge is 0.331 e. The van der Waals surface area contributed by atoms with Crippen LogP contribution in [0, 0.1) is 0 Å². The van der Waals surface area contributed by atoms with Crippen molar-refractivity contribution in [2.45, 2.75) is 50.2 Å². The maximum absolute atomic E-state index is 13.3. The fraction of sp³-hybridized carbons (Fsp3) is 0.464. The van der Waals surface area contributed by atoms with Gasteiger partial charge in [-0.1, -0.05) is 58.4 Å². The molecule has 0 aliphatic carbocycles. The third-order valence-electron chi connectivity index (χ3n) is 7.84. The van der Waals surface area contributed by atoms with E-state index in [1.807, 2.05) is 47.4 Å². The Labute approximate surface area is 226 Å². The van der Waals surface area contributed by atoms with Gasteiger partial charge >= 0.3 is 12.1 Å². The summed E-state index contributed by atoms with van der Waals surface area (Å²) in [6.45, 7) is 4.17. The fourth-order valence-corrected chi connectivity index (χ4v) is 5.83. The Morgan fingerprint density at radius 1 is 0.973 bits per heavy atom. The van der Waals surface area contributed by atoms with Crippen LogP contribution in [0.1, 0.15) is 49.3 Å². The minimum Gasteiger partial charge on any atom is -0.331 e. The van der Waals surface area contributed by atoms with E-state index in [4.69, 9.17) is 0 Å². The average molecular weight is 569 g/mol. The van der Waals surface area contributed by atoms with Crippen LogP contribution in [-0.4, -0.2) is 70.9 Å². The molecule has 196 valence electrons. The number of amides is 5. The minimum atomic E-state index is -0.814. The first kappa shape index (κ1) is 25.7. The number of carbonyl (C=O) groups excluding carboxylic acids is 3. The summed E-state index contributed by atoms with van der Waals surface area (Å²) in [7, 11) is 0. The second-order valence-electron chi connectivity index (χ2n) is 10.3. The number of likely N-dealkylation sites (tertiary alicyclic amines) is 2. The van der Waals surface area contributed by atoms with Gasteiger partial charge in [0, 0.05) is 37.2 Å². The highest BCUT2D eigenvalue weighted by Crippen LogP contribution is 2.31. The van der Waals surface area contributed by atoms with Crippen LogP contribution in [0.2, 0.25) is 0 Å². The quantitative estimate of drug-likeness (QED) is 0.489. The molecule has 3 fully saturated rings. The van der Waals surface area contributed by atoms with Crippen molar-refractivity contribution in [3.8, 4) is 0 Å². The molecule has 8 nitrogen and oxygen atoms in total. The van der Waals surface area contributed by atoms with Gasteiger partial charge in [-0.3, -0.25) is 9.69 Å². The fourth-order valence-electron chi connectivity index (χ4n) is 5.57. The maximum atomic E-state index is 13.3. The molecule has 1 spiro atoms. The Balaban J connectivity index is 1.17. The molecule has 3 aliphatic heterocycles. The Hall–Kier alpha value is -2.91. The van der Waals surface area contributed by atoms with E-state index >= 15 is 0 Å². The number of carbonyl (C=O) groups is 3. The highest BCUT2D eigenvalue weighted by molar-refractivity contribution is 9.10. The smallest absolute Gasteiger partial charge is 0.325 e. The molecule has 0 saturated carbocycles.